The van der Waals surface area contributed by atoms with Crippen LogP contribution in [0.4, 0.5) is 0 Å². The van der Waals surface area contributed by atoms with E-state index in [-0.39, 0.29) is 11.8 Å². The normalized spacial score (nSPS) is 13.0. The quantitative estimate of drug-likeness (QED) is 0.614. The number of ether oxygens (including phenoxy) is 1. The molecule has 2 rings (SSSR count). The molecule has 0 atom stereocenters. The van der Waals surface area contributed by atoms with Gasteiger partial charge in [0.1, 0.15) is 0 Å². The van der Waals surface area contributed by atoms with Crippen molar-refractivity contribution >= 4 is 11.8 Å². The van der Waals surface area contributed by atoms with E-state index in [9.17, 15) is 9.59 Å². The molecule has 19 heavy (non-hydrogen) atoms. The molecule has 3 nitrogen and oxygen atoms in total. The van der Waals surface area contributed by atoms with Gasteiger partial charge < -0.3 is 4.74 Å². The maximum Gasteiger partial charge on any atom is 0.333 e. The van der Waals surface area contributed by atoms with Crippen molar-refractivity contribution in [3.8, 4) is 0 Å². The van der Waals surface area contributed by atoms with Gasteiger partial charge in [-0.3, -0.25) is 4.79 Å². The third-order valence-electron chi connectivity index (χ3n) is 3.01. The number of hydrogen-bond donors (Lipinski definition) is 0. The van der Waals surface area contributed by atoms with Gasteiger partial charge in [-0.2, -0.15) is 0 Å². The standard InChI is InChI=1S/C16H16O3/c1-11(2)16(18)19-9-8-12-6-7-14-13(10-12)4-3-5-15(14)17/h3,5-7,10H,1,4,8-9H2,2H3. The first-order chi connectivity index (χ1) is 9.08. The summed E-state index contributed by atoms with van der Waals surface area (Å²) in [6.07, 6.45) is 4.90. The van der Waals surface area contributed by atoms with Crippen molar-refractivity contribution in [1.29, 1.82) is 0 Å². The first kappa shape index (κ1) is 13.3. The van der Waals surface area contributed by atoms with Crippen LogP contribution >= 0.6 is 0 Å². The minimum Gasteiger partial charge on any atom is -0.462 e. The molecule has 0 spiro atoms. The second-order valence-corrected chi connectivity index (χ2v) is 4.63. The van der Waals surface area contributed by atoms with Crippen LogP contribution in [0, 0.1) is 0 Å². The summed E-state index contributed by atoms with van der Waals surface area (Å²) >= 11 is 0. The van der Waals surface area contributed by atoms with Crippen LogP contribution in [0.15, 0.2) is 42.5 Å². The Kier molecular flexibility index (Phi) is 3.95. The van der Waals surface area contributed by atoms with Crippen molar-refractivity contribution in [3.63, 3.8) is 0 Å². The Morgan fingerprint density at radius 3 is 2.95 bits per heavy atom. The minimum absolute atomic E-state index is 0.0570. The number of benzene rings is 1. The van der Waals surface area contributed by atoms with Gasteiger partial charge in [-0.25, -0.2) is 4.79 Å². The van der Waals surface area contributed by atoms with E-state index in [1.54, 1.807) is 13.0 Å². The summed E-state index contributed by atoms with van der Waals surface area (Å²) in [7, 11) is 0. The van der Waals surface area contributed by atoms with Crippen molar-refractivity contribution in [2.45, 2.75) is 19.8 Å². The highest BCUT2D eigenvalue weighted by Gasteiger charge is 2.12. The summed E-state index contributed by atoms with van der Waals surface area (Å²) < 4.78 is 5.05. The SMILES string of the molecule is C=C(C)C(=O)OCCc1ccc2c(c1)CC=CC2=O. The molecule has 0 heterocycles. The van der Waals surface area contributed by atoms with Gasteiger partial charge in [-0.05, 0) is 30.5 Å². The third-order valence-corrected chi connectivity index (χ3v) is 3.01. The Morgan fingerprint density at radius 2 is 2.21 bits per heavy atom. The van der Waals surface area contributed by atoms with E-state index in [0.29, 0.717) is 18.6 Å². The fraction of sp³-hybridized carbons (Fsp3) is 0.250. The smallest absolute Gasteiger partial charge is 0.333 e. The highest BCUT2D eigenvalue weighted by Crippen LogP contribution is 2.18. The number of carbonyl (C=O) groups excluding carboxylic acids is 2. The summed E-state index contributed by atoms with van der Waals surface area (Å²) in [5, 5.41) is 0. The zero-order valence-corrected chi connectivity index (χ0v) is 10.9. The second-order valence-electron chi connectivity index (χ2n) is 4.63. The molecule has 1 aliphatic carbocycles. The summed E-state index contributed by atoms with van der Waals surface area (Å²) in [4.78, 5) is 22.8. The molecule has 0 amide bonds. The van der Waals surface area contributed by atoms with E-state index in [2.05, 4.69) is 6.58 Å². The summed E-state index contributed by atoms with van der Waals surface area (Å²) in [6, 6.07) is 5.76. The third kappa shape index (κ3) is 3.19. The molecule has 0 saturated heterocycles. The second kappa shape index (κ2) is 5.65. The average Bonchev–Trinajstić information content (AvgIpc) is 2.38. The molecular weight excluding hydrogens is 240 g/mol. The monoisotopic (exact) mass is 256 g/mol. The van der Waals surface area contributed by atoms with Gasteiger partial charge in [0.15, 0.2) is 5.78 Å². The number of ketones is 1. The van der Waals surface area contributed by atoms with Crippen LogP contribution in [0.5, 0.6) is 0 Å². The number of allylic oxidation sites excluding steroid dienone is 2. The molecule has 98 valence electrons. The van der Waals surface area contributed by atoms with Crippen LogP contribution in [-0.2, 0) is 22.4 Å². The minimum atomic E-state index is -0.365. The van der Waals surface area contributed by atoms with Crippen LogP contribution < -0.4 is 0 Å². The number of esters is 1. The van der Waals surface area contributed by atoms with Gasteiger partial charge in [0.05, 0.1) is 6.61 Å². The molecule has 1 aliphatic rings. The molecule has 0 unspecified atom stereocenters. The van der Waals surface area contributed by atoms with Gasteiger partial charge in [0.2, 0.25) is 0 Å². The average molecular weight is 256 g/mol. The molecule has 1 aromatic rings. The highest BCUT2D eigenvalue weighted by atomic mass is 16.5. The molecule has 0 fully saturated rings. The lowest BCUT2D eigenvalue weighted by Crippen LogP contribution is -2.09. The molecular formula is C16H16O3. The van der Waals surface area contributed by atoms with Crippen molar-refractivity contribution in [1.82, 2.24) is 0 Å². The summed E-state index contributed by atoms with van der Waals surface area (Å²) in [6.45, 7) is 5.48. The van der Waals surface area contributed by atoms with Gasteiger partial charge in [0, 0.05) is 17.6 Å². The Morgan fingerprint density at radius 1 is 1.42 bits per heavy atom. The number of rotatable bonds is 4. The van der Waals surface area contributed by atoms with Gasteiger partial charge >= 0.3 is 5.97 Å². The van der Waals surface area contributed by atoms with Crippen LogP contribution in [0.3, 0.4) is 0 Å². The van der Waals surface area contributed by atoms with E-state index in [1.807, 2.05) is 24.3 Å². The largest absolute Gasteiger partial charge is 0.462 e. The first-order valence-corrected chi connectivity index (χ1v) is 6.23. The molecule has 0 bridgehead atoms. The Balaban J connectivity index is 1.98. The fourth-order valence-corrected chi connectivity index (χ4v) is 1.98. The molecule has 0 aromatic heterocycles. The predicted molar refractivity (Wildman–Crippen MR) is 73.1 cm³/mol. The van der Waals surface area contributed by atoms with Crippen LogP contribution in [-0.4, -0.2) is 18.4 Å². The Bertz CT molecular complexity index is 567. The number of fused-ring (bicyclic) bond motifs is 1. The van der Waals surface area contributed by atoms with Gasteiger partial charge in [0.25, 0.3) is 0 Å². The van der Waals surface area contributed by atoms with Crippen LogP contribution in [0.1, 0.15) is 28.4 Å². The van der Waals surface area contributed by atoms with Crippen molar-refractivity contribution in [2.24, 2.45) is 0 Å². The van der Waals surface area contributed by atoms with Crippen LogP contribution in [0.2, 0.25) is 0 Å². The molecule has 3 heteroatoms. The maximum atomic E-state index is 11.6. The lowest BCUT2D eigenvalue weighted by molar-refractivity contribution is -0.138. The molecule has 0 radical (unpaired) electrons. The maximum absolute atomic E-state index is 11.6. The first-order valence-electron chi connectivity index (χ1n) is 6.23. The lowest BCUT2D eigenvalue weighted by Gasteiger charge is -2.12. The molecule has 0 N–H and O–H groups in total. The van der Waals surface area contributed by atoms with Crippen molar-refractivity contribution in [3.05, 3.63) is 59.2 Å². The van der Waals surface area contributed by atoms with E-state index in [1.165, 1.54) is 0 Å². The summed E-state index contributed by atoms with van der Waals surface area (Å²) in [5.41, 5.74) is 3.28. The van der Waals surface area contributed by atoms with E-state index in [4.69, 9.17) is 4.74 Å². The molecule has 0 aliphatic heterocycles. The van der Waals surface area contributed by atoms with E-state index < -0.39 is 0 Å². The number of hydrogen-bond acceptors (Lipinski definition) is 3. The molecule has 1 aromatic carbocycles. The number of carbonyl (C=O) groups is 2. The zero-order valence-electron chi connectivity index (χ0n) is 10.9. The van der Waals surface area contributed by atoms with E-state index in [0.717, 1.165) is 23.1 Å². The molecule has 0 saturated carbocycles. The predicted octanol–water partition coefficient (Wildman–Crippen LogP) is 2.64. The highest BCUT2D eigenvalue weighted by molar-refractivity contribution is 6.06. The van der Waals surface area contributed by atoms with Crippen LogP contribution in [0.25, 0.3) is 0 Å². The summed E-state index contributed by atoms with van der Waals surface area (Å²) in [5.74, 6) is -0.308. The van der Waals surface area contributed by atoms with Gasteiger partial charge in [-0.1, -0.05) is 30.9 Å². The van der Waals surface area contributed by atoms with Crippen molar-refractivity contribution in [2.75, 3.05) is 6.61 Å². The fourth-order valence-electron chi connectivity index (χ4n) is 1.98. The Labute approximate surface area is 112 Å². The Hall–Kier alpha value is -2.16. The van der Waals surface area contributed by atoms with Gasteiger partial charge in [-0.15, -0.1) is 0 Å². The lowest BCUT2D eigenvalue weighted by atomic mass is 9.93. The van der Waals surface area contributed by atoms with Crippen molar-refractivity contribution < 1.29 is 14.3 Å². The topological polar surface area (TPSA) is 43.4 Å². The zero-order chi connectivity index (χ0) is 13.8. The van der Waals surface area contributed by atoms with E-state index >= 15 is 0 Å².